The van der Waals surface area contributed by atoms with Gasteiger partial charge in [0.25, 0.3) is 0 Å². The number of nitrogens with two attached hydrogens (primary N) is 1. The molecule has 1 rings (SSSR count). The van der Waals surface area contributed by atoms with Gasteiger partial charge in [0.1, 0.15) is 0 Å². The molecular formula is C15H24ClNS. The van der Waals surface area contributed by atoms with Crippen LogP contribution in [-0.4, -0.2) is 11.3 Å². The maximum absolute atomic E-state index is 6.28. The van der Waals surface area contributed by atoms with Crippen molar-refractivity contribution in [1.82, 2.24) is 0 Å². The van der Waals surface area contributed by atoms with Gasteiger partial charge in [-0.1, -0.05) is 51.4 Å². The van der Waals surface area contributed by atoms with Crippen molar-refractivity contribution in [3.05, 3.63) is 34.9 Å². The van der Waals surface area contributed by atoms with Gasteiger partial charge in [-0.25, -0.2) is 0 Å². The van der Waals surface area contributed by atoms with E-state index < -0.39 is 0 Å². The SMILES string of the molecule is CCC(N)C(SC(C)C(C)C)c1cccc(Cl)c1. The molecule has 102 valence electrons. The zero-order chi connectivity index (χ0) is 13.7. The van der Waals surface area contributed by atoms with Crippen LogP contribution >= 0.6 is 23.4 Å². The lowest BCUT2D eigenvalue weighted by Gasteiger charge is -2.27. The molecule has 1 nitrogen and oxygen atoms in total. The van der Waals surface area contributed by atoms with Crippen molar-refractivity contribution in [2.24, 2.45) is 11.7 Å². The minimum atomic E-state index is 0.176. The normalized spacial score (nSPS) is 16.6. The quantitative estimate of drug-likeness (QED) is 0.805. The van der Waals surface area contributed by atoms with Crippen LogP contribution in [0.4, 0.5) is 0 Å². The Morgan fingerprint density at radius 3 is 2.44 bits per heavy atom. The van der Waals surface area contributed by atoms with E-state index in [9.17, 15) is 0 Å². The van der Waals surface area contributed by atoms with Gasteiger partial charge in [-0.05, 0) is 30.0 Å². The highest BCUT2D eigenvalue weighted by molar-refractivity contribution is 8.00. The molecule has 0 spiro atoms. The summed E-state index contributed by atoms with van der Waals surface area (Å²) in [6.07, 6.45) is 0.981. The molecule has 0 saturated carbocycles. The fourth-order valence-electron chi connectivity index (χ4n) is 1.71. The second-order valence-electron chi connectivity index (χ2n) is 5.13. The molecule has 0 heterocycles. The van der Waals surface area contributed by atoms with E-state index in [1.54, 1.807) is 0 Å². The monoisotopic (exact) mass is 285 g/mol. The van der Waals surface area contributed by atoms with E-state index in [1.807, 2.05) is 30.0 Å². The molecule has 0 bridgehead atoms. The Balaban J connectivity index is 2.91. The van der Waals surface area contributed by atoms with E-state index in [0.717, 1.165) is 11.4 Å². The van der Waals surface area contributed by atoms with E-state index in [0.29, 0.717) is 16.4 Å². The van der Waals surface area contributed by atoms with Crippen molar-refractivity contribution in [2.45, 2.75) is 50.7 Å². The lowest BCUT2D eigenvalue weighted by molar-refractivity contribution is 0.609. The summed E-state index contributed by atoms with van der Waals surface area (Å²) in [6, 6.07) is 8.27. The summed E-state index contributed by atoms with van der Waals surface area (Å²) in [4.78, 5) is 0. The Labute approximate surface area is 120 Å². The summed E-state index contributed by atoms with van der Waals surface area (Å²) in [5, 5.41) is 1.70. The van der Waals surface area contributed by atoms with Gasteiger partial charge in [0.2, 0.25) is 0 Å². The van der Waals surface area contributed by atoms with Gasteiger partial charge in [-0.2, -0.15) is 0 Å². The number of hydrogen-bond acceptors (Lipinski definition) is 2. The minimum Gasteiger partial charge on any atom is -0.326 e. The zero-order valence-corrected chi connectivity index (χ0v) is 13.3. The predicted molar refractivity (Wildman–Crippen MR) is 84.4 cm³/mol. The van der Waals surface area contributed by atoms with Gasteiger partial charge < -0.3 is 5.73 Å². The van der Waals surface area contributed by atoms with Crippen molar-refractivity contribution in [1.29, 1.82) is 0 Å². The van der Waals surface area contributed by atoms with Crippen molar-refractivity contribution < 1.29 is 0 Å². The number of benzene rings is 1. The van der Waals surface area contributed by atoms with Crippen molar-refractivity contribution >= 4 is 23.4 Å². The summed E-state index contributed by atoms with van der Waals surface area (Å²) < 4.78 is 0. The van der Waals surface area contributed by atoms with Crippen molar-refractivity contribution in [3.8, 4) is 0 Å². The molecule has 0 aliphatic carbocycles. The largest absolute Gasteiger partial charge is 0.326 e. The summed E-state index contributed by atoms with van der Waals surface area (Å²) >= 11 is 8.05. The smallest absolute Gasteiger partial charge is 0.0451 e. The van der Waals surface area contributed by atoms with Crippen LogP contribution in [0, 0.1) is 5.92 Å². The molecule has 1 aromatic carbocycles. The number of rotatable bonds is 6. The molecule has 0 aromatic heterocycles. The summed E-state index contributed by atoms with van der Waals surface area (Å²) in [6.45, 7) is 8.92. The van der Waals surface area contributed by atoms with Crippen molar-refractivity contribution in [2.75, 3.05) is 0 Å². The fourth-order valence-corrected chi connectivity index (χ4v) is 3.39. The third-order valence-electron chi connectivity index (χ3n) is 3.34. The molecule has 0 radical (unpaired) electrons. The second kappa shape index (κ2) is 7.42. The molecule has 0 aliphatic heterocycles. The van der Waals surface area contributed by atoms with E-state index in [2.05, 4.69) is 33.8 Å². The Hall–Kier alpha value is -0.180. The molecule has 0 amide bonds. The number of hydrogen-bond donors (Lipinski definition) is 1. The van der Waals surface area contributed by atoms with E-state index in [4.69, 9.17) is 17.3 Å². The highest BCUT2D eigenvalue weighted by Crippen LogP contribution is 2.38. The fraction of sp³-hybridized carbons (Fsp3) is 0.600. The van der Waals surface area contributed by atoms with Crippen LogP contribution in [0.5, 0.6) is 0 Å². The average Bonchev–Trinajstić information content (AvgIpc) is 2.34. The zero-order valence-electron chi connectivity index (χ0n) is 11.7. The summed E-state index contributed by atoms with van der Waals surface area (Å²) in [7, 11) is 0. The van der Waals surface area contributed by atoms with Crippen LogP contribution in [-0.2, 0) is 0 Å². The molecule has 3 unspecified atom stereocenters. The first-order valence-electron chi connectivity index (χ1n) is 6.62. The molecule has 2 N–H and O–H groups in total. The summed E-state index contributed by atoms with van der Waals surface area (Å²) in [5.41, 5.74) is 7.53. The number of thioether (sulfide) groups is 1. The Morgan fingerprint density at radius 1 is 1.28 bits per heavy atom. The summed E-state index contributed by atoms with van der Waals surface area (Å²) in [5.74, 6) is 0.653. The van der Waals surface area contributed by atoms with Crippen LogP contribution in [0.15, 0.2) is 24.3 Å². The average molecular weight is 286 g/mol. The van der Waals surface area contributed by atoms with Crippen LogP contribution in [0.3, 0.4) is 0 Å². The third kappa shape index (κ3) is 4.49. The highest BCUT2D eigenvalue weighted by atomic mass is 35.5. The molecule has 0 aliphatic rings. The predicted octanol–water partition coefficient (Wildman–Crippen LogP) is 4.90. The number of halogens is 1. The van der Waals surface area contributed by atoms with Gasteiger partial charge in [0.15, 0.2) is 0 Å². The topological polar surface area (TPSA) is 26.0 Å². The molecular weight excluding hydrogens is 262 g/mol. The van der Waals surface area contributed by atoms with Crippen LogP contribution in [0.25, 0.3) is 0 Å². The van der Waals surface area contributed by atoms with Gasteiger partial charge >= 0.3 is 0 Å². The van der Waals surface area contributed by atoms with Crippen LogP contribution in [0.2, 0.25) is 5.02 Å². The third-order valence-corrected chi connectivity index (χ3v) is 5.46. The minimum absolute atomic E-state index is 0.176. The maximum atomic E-state index is 6.28. The van der Waals surface area contributed by atoms with Gasteiger partial charge in [0.05, 0.1) is 0 Å². The Kier molecular flexibility index (Phi) is 6.54. The van der Waals surface area contributed by atoms with Crippen molar-refractivity contribution in [3.63, 3.8) is 0 Å². The van der Waals surface area contributed by atoms with Gasteiger partial charge in [-0.3, -0.25) is 0 Å². The first kappa shape index (κ1) is 15.9. The molecule has 18 heavy (non-hydrogen) atoms. The molecule has 0 fully saturated rings. The standard InChI is InChI=1S/C15H24ClNS/c1-5-14(17)15(18-11(4)10(2)3)12-7-6-8-13(16)9-12/h6-11,14-15H,5,17H2,1-4H3. The molecule has 3 atom stereocenters. The van der Waals surface area contributed by atoms with E-state index in [1.165, 1.54) is 5.56 Å². The first-order valence-corrected chi connectivity index (χ1v) is 7.94. The Morgan fingerprint density at radius 2 is 1.94 bits per heavy atom. The lowest BCUT2D eigenvalue weighted by Crippen LogP contribution is -2.27. The van der Waals surface area contributed by atoms with E-state index >= 15 is 0 Å². The molecule has 0 saturated heterocycles. The molecule has 3 heteroatoms. The Bertz CT molecular complexity index is 367. The van der Waals surface area contributed by atoms with Crippen LogP contribution in [0.1, 0.15) is 44.9 Å². The second-order valence-corrected chi connectivity index (χ2v) is 7.09. The molecule has 1 aromatic rings. The van der Waals surface area contributed by atoms with E-state index in [-0.39, 0.29) is 6.04 Å². The van der Waals surface area contributed by atoms with Gasteiger partial charge in [0, 0.05) is 21.6 Å². The maximum Gasteiger partial charge on any atom is 0.0451 e. The first-order chi connectivity index (χ1) is 8.45. The highest BCUT2D eigenvalue weighted by Gasteiger charge is 2.23. The van der Waals surface area contributed by atoms with Gasteiger partial charge in [-0.15, -0.1) is 11.8 Å². The van der Waals surface area contributed by atoms with Crippen LogP contribution < -0.4 is 5.73 Å². The lowest BCUT2D eigenvalue weighted by atomic mass is 10.0.